The molecule has 1 aromatic rings. The molecule has 0 aromatic carbocycles. The molecule has 1 N–H and O–H groups in total. The summed E-state index contributed by atoms with van der Waals surface area (Å²) in [7, 11) is 1.84. The normalized spacial score (nSPS) is 19.2. The van der Waals surface area contributed by atoms with E-state index in [4.69, 9.17) is 4.74 Å². The first-order valence-electron chi connectivity index (χ1n) is 6.41. The third kappa shape index (κ3) is 3.07. The first-order valence-corrected chi connectivity index (χ1v) is 6.41. The van der Waals surface area contributed by atoms with Crippen molar-refractivity contribution in [2.24, 2.45) is 7.05 Å². The molecule has 0 saturated carbocycles. The quantitative estimate of drug-likeness (QED) is 0.831. The number of hydrogen-bond acceptors (Lipinski definition) is 4. The number of hydrogen-bond donors (Lipinski definition) is 1. The van der Waals surface area contributed by atoms with Crippen LogP contribution in [0.5, 0.6) is 0 Å². The van der Waals surface area contributed by atoms with Crippen LogP contribution in [-0.2, 0) is 18.3 Å². The van der Waals surface area contributed by atoms with Crippen LogP contribution in [-0.4, -0.2) is 44.6 Å². The van der Waals surface area contributed by atoms with Gasteiger partial charge in [-0.2, -0.15) is 5.10 Å². The number of carbonyl (C=O) groups is 1. The Morgan fingerprint density at radius 1 is 1.58 bits per heavy atom. The van der Waals surface area contributed by atoms with Crippen molar-refractivity contribution in [1.29, 1.82) is 0 Å². The number of aliphatic hydroxyl groups excluding tert-OH is 1. The molecule has 1 aliphatic rings. The van der Waals surface area contributed by atoms with Gasteiger partial charge in [0, 0.05) is 31.3 Å². The molecule has 0 fully saturated rings. The molecule has 0 bridgehead atoms. The molecule has 2 heterocycles. The minimum absolute atomic E-state index is 0.0245. The fourth-order valence-electron chi connectivity index (χ4n) is 2.25. The Labute approximate surface area is 113 Å². The molecule has 2 rings (SSSR count). The first-order chi connectivity index (χ1) is 8.80. The predicted octanol–water partition coefficient (Wildman–Crippen LogP) is 1.25. The van der Waals surface area contributed by atoms with Crippen LogP contribution in [0.25, 0.3) is 0 Å². The molecule has 106 valence electrons. The Bertz CT molecular complexity index is 476. The summed E-state index contributed by atoms with van der Waals surface area (Å²) in [6.45, 7) is 6.42. The summed E-state index contributed by atoms with van der Waals surface area (Å²) in [5.41, 5.74) is 1.34. The van der Waals surface area contributed by atoms with E-state index < -0.39 is 5.60 Å². The van der Waals surface area contributed by atoms with E-state index >= 15 is 0 Å². The second-order valence-corrected chi connectivity index (χ2v) is 5.95. The van der Waals surface area contributed by atoms with Gasteiger partial charge in [-0.3, -0.25) is 4.68 Å². The average Bonchev–Trinajstić information content (AvgIpc) is 2.65. The SMILES string of the molecule is Cn1cc2c(n1)C(CO)CN(C(=O)OC(C)(C)C)C2. The molecule has 6 nitrogen and oxygen atoms in total. The van der Waals surface area contributed by atoms with Gasteiger partial charge >= 0.3 is 6.09 Å². The lowest BCUT2D eigenvalue weighted by Crippen LogP contribution is -2.42. The third-order valence-corrected chi connectivity index (χ3v) is 3.00. The fourth-order valence-corrected chi connectivity index (χ4v) is 2.25. The summed E-state index contributed by atoms with van der Waals surface area (Å²) in [4.78, 5) is 13.7. The zero-order valence-corrected chi connectivity index (χ0v) is 11.9. The summed E-state index contributed by atoms with van der Waals surface area (Å²) in [6.07, 6.45) is 1.54. The van der Waals surface area contributed by atoms with Crippen molar-refractivity contribution in [2.45, 2.75) is 38.8 Å². The second kappa shape index (κ2) is 4.85. The lowest BCUT2D eigenvalue weighted by molar-refractivity contribution is 0.0189. The number of aromatic nitrogens is 2. The summed E-state index contributed by atoms with van der Waals surface area (Å²) in [6, 6.07) is 0. The van der Waals surface area contributed by atoms with Crippen LogP contribution in [0.3, 0.4) is 0 Å². The molecule has 0 radical (unpaired) electrons. The summed E-state index contributed by atoms with van der Waals surface area (Å²) in [5.74, 6) is -0.141. The zero-order valence-electron chi connectivity index (χ0n) is 11.9. The van der Waals surface area contributed by atoms with Gasteiger partial charge in [0.2, 0.25) is 0 Å². The molecule has 19 heavy (non-hydrogen) atoms. The molecule has 6 heteroatoms. The van der Waals surface area contributed by atoms with E-state index in [-0.39, 0.29) is 18.6 Å². The monoisotopic (exact) mass is 267 g/mol. The number of fused-ring (bicyclic) bond motifs is 1. The van der Waals surface area contributed by atoms with E-state index in [9.17, 15) is 9.90 Å². The Morgan fingerprint density at radius 2 is 2.26 bits per heavy atom. The predicted molar refractivity (Wildman–Crippen MR) is 69.7 cm³/mol. The zero-order chi connectivity index (χ0) is 14.2. The molecule has 1 unspecified atom stereocenters. The molecule has 1 aromatic heterocycles. The summed E-state index contributed by atoms with van der Waals surface area (Å²) in [5, 5.41) is 13.8. The Kier molecular flexibility index (Phi) is 3.54. The van der Waals surface area contributed by atoms with Gasteiger partial charge in [0.15, 0.2) is 0 Å². The highest BCUT2D eigenvalue weighted by Gasteiger charge is 2.32. The van der Waals surface area contributed by atoms with Crippen molar-refractivity contribution in [2.75, 3.05) is 13.2 Å². The second-order valence-electron chi connectivity index (χ2n) is 5.95. The number of amides is 1. The maximum Gasteiger partial charge on any atom is 0.410 e. The van der Waals surface area contributed by atoms with E-state index in [0.717, 1.165) is 11.3 Å². The average molecular weight is 267 g/mol. The minimum Gasteiger partial charge on any atom is -0.444 e. The largest absolute Gasteiger partial charge is 0.444 e. The number of carbonyl (C=O) groups excluding carboxylic acids is 1. The van der Waals surface area contributed by atoms with Crippen LogP contribution in [0, 0.1) is 0 Å². The Hall–Kier alpha value is -1.56. The Balaban J connectivity index is 2.17. The van der Waals surface area contributed by atoms with E-state index in [1.165, 1.54) is 0 Å². The van der Waals surface area contributed by atoms with Gasteiger partial charge in [0.25, 0.3) is 0 Å². The van der Waals surface area contributed by atoms with Crippen LogP contribution in [0.4, 0.5) is 4.79 Å². The fraction of sp³-hybridized carbons (Fsp3) is 0.692. The molecule has 0 spiro atoms. The lowest BCUT2D eigenvalue weighted by atomic mass is 9.98. The molecule has 1 atom stereocenters. The van der Waals surface area contributed by atoms with Crippen LogP contribution < -0.4 is 0 Å². The smallest absolute Gasteiger partial charge is 0.410 e. The number of aryl methyl sites for hydroxylation is 1. The minimum atomic E-state index is -0.513. The maximum atomic E-state index is 12.1. The summed E-state index contributed by atoms with van der Waals surface area (Å²) < 4.78 is 7.08. The van der Waals surface area contributed by atoms with E-state index in [0.29, 0.717) is 13.1 Å². The number of ether oxygens (including phenoxy) is 1. The lowest BCUT2D eigenvalue weighted by Gasteiger charge is -2.32. The van der Waals surface area contributed by atoms with Gasteiger partial charge < -0.3 is 14.7 Å². The van der Waals surface area contributed by atoms with E-state index in [2.05, 4.69) is 5.10 Å². The molecule has 0 saturated heterocycles. The number of rotatable bonds is 1. The van der Waals surface area contributed by atoms with Crippen molar-refractivity contribution in [1.82, 2.24) is 14.7 Å². The van der Waals surface area contributed by atoms with Gasteiger partial charge in [-0.15, -0.1) is 0 Å². The summed E-state index contributed by atoms with van der Waals surface area (Å²) >= 11 is 0. The topological polar surface area (TPSA) is 67.6 Å². The molecule has 1 aliphatic heterocycles. The molecule has 0 aliphatic carbocycles. The first kappa shape index (κ1) is 13.9. The van der Waals surface area contributed by atoms with Crippen LogP contribution in [0.15, 0.2) is 6.20 Å². The van der Waals surface area contributed by atoms with Crippen molar-refractivity contribution in [3.05, 3.63) is 17.5 Å². The van der Waals surface area contributed by atoms with Gasteiger partial charge in [-0.25, -0.2) is 4.79 Å². The highest BCUT2D eigenvalue weighted by molar-refractivity contribution is 5.68. The van der Waals surface area contributed by atoms with Gasteiger partial charge in [-0.1, -0.05) is 0 Å². The maximum absolute atomic E-state index is 12.1. The van der Waals surface area contributed by atoms with Crippen LogP contribution in [0.2, 0.25) is 0 Å². The van der Waals surface area contributed by atoms with Gasteiger partial charge in [0.1, 0.15) is 5.60 Å². The number of aliphatic hydroxyl groups is 1. The van der Waals surface area contributed by atoms with Gasteiger partial charge in [0.05, 0.1) is 18.8 Å². The van der Waals surface area contributed by atoms with Crippen molar-refractivity contribution in [3.63, 3.8) is 0 Å². The van der Waals surface area contributed by atoms with Crippen molar-refractivity contribution < 1.29 is 14.6 Å². The van der Waals surface area contributed by atoms with Crippen LogP contribution in [0.1, 0.15) is 37.9 Å². The molecule has 1 amide bonds. The van der Waals surface area contributed by atoms with Crippen molar-refractivity contribution >= 4 is 6.09 Å². The standard InChI is InChI=1S/C13H21N3O3/c1-13(2,3)19-12(18)16-6-9-5-15(4)14-11(9)10(7-16)8-17/h5,10,17H,6-8H2,1-4H3. The number of nitrogens with zero attached hydrogens (tertiary/aromatic N) is 3. The highest BCUT2D eigenvalue weighted by atomic mass is 16.6. The molecular weight excluding hydrogens is 246 g/mol. The van der Waals surface area contributed by atoms with E-state index in [1.54, 1.807) is 9.58 Å². The van der Waals surface area contributed by atoms with Gasteiger partial charge in [-0.05, 0) is 20.8 Å². The van der Waals surface area contributed by atoms with Crippen LogP contribution >= 0.6 is 0 Å². The highest BCUT2D eigenvalue weighted by Crippen LogP contribution is 2.27. The van der Waals surface area contributed by atoms with Crippen molar-refractivity contribution in [3.8, 4) is 0 Å². The Morgan fingerprint density at radius 3 is 2.84 bits per heavy atom. The molecular formula is C13H21N3O3. The van der Waals surface area contributed by atoms with E-state index in [1.807, 2.05) is 34.0 Å². The third-order valence-electron chi connectivity index (χ3n) is 3.00.